The number of rotatable bonds is 13. The van der Waals surface area contributed by atoms with Gasteiger partial charge in [0.15, 0.2) is 0 Å². The van der Waals surface area contributed by atoms with Crippen molar-refractivity contribution < 1.29 is 33.1 Å². The van der Waals surface area contributed by atoms with Crippen molar-refractivity contribution in [2.45, 2.75) is 37.8 Å². The van der Waals surface area contributed by atoms with Crippen molar-refractivity contribution in [2.75, 3.05) is 26.4 Å². The van der Waals surface area contributed by atoms with Gasteiger partial charge in [0.2, 0.25) is 11.8 Å². The fraction of sp³-hybridized carbons (Fsp3) is 0.303. The van der Waals surface area contributed by atoms with Crippen molar-refractivity contribution in [3.8, 4) is 5.75 Å². The first-order valence-corrected chi connectivity index (χ1v) is 14.7. The number of carbonyl (C=O) groups is 4. The average molecular weight is 597 g/mol. The number of hydrogen-bond donors (Lipinski definition) is 2. The van der Waals surface area contributed by atoms with Crippen molar-refractivity contribution in [3.05, 3.63) is 95.5 Å². The van der Waals surface area contributed by atoms with Crippen LogP contribution in [-0.2, 0) is 14.3 Å². The summed E-state index contributed by atoms with van der Waals surface area (Å²) in [4.78, 5) is 55.2. The van der Waals surface area contributed by atoms with Crippen LogP contribution in [0.1, 0.15) is 63.8 Å². The SMILES string of the molecule is O=C1CCC(N2C(=O)c3cccc(OCCOCCCCNC(c4cccnc4)c4cc5ccccc5o4)c3C2=O)C(=O)N1. The fourth-order valence-electron chi connectivity index (χ4n) is 5.57. The minimum atomic E-state index is -1.02. The summed E-state index contributed by atoms with van der Waals surface area (Å²) in [6.45, 7) is 1.75. The normalized spacial score (nSPS) is 17.2. The summed E-state index contributed by atoms with van der Waals surface area (Å²) in [7, 11) is 0. The molecule has 2 N–H and O–H groups in total. The molecule has 2 atom stereocenters. The van der Waals surface area contributed by atoms with Crippen molar-refractivity contribution in [3.63, 3.8) is 0 Å². The highest BCUT2D eigenvalue weighted by atomic mass is 16.5. The minimum Gasteiger partial charge on any atom is -0.490 e. The van der Waals surface area contributed by atoms with E-state index in [2.05, 4.69) is 21.7 Å². The summed E-state index contributed by atoms with van der Waals surface area (Å²) in [5.41, 5.74) is 2.17. The first kappa shape index (κ1) is 29.2. The molecule has 2 aromatic carbocycles. The summed E-state index contributed by atoms with van der Waals surface area (Å²) in [5.74, 6) is -1.14. The van der Waals surface area contributed by atoms with Crippen LogP contribution in [0, 0.1) is 0 Å². The summed E-state index contributed by atoms with van der Waals surface area (Å²) >= 11 is 0. The second-order valence-electron chi connectivity index (χ2n) is 10.7. The van der Waals surface area contributed by atoms with E-state index in [0.717, 1.165) is 46.6 Å². The van der Waals surface area contributed by atoms with Gasteiger partial charge in [-0.25, -0.2) is 0 Å². The van der Waals surface area contributed by atoms with Gasteiger partial charge < -0.3 is 19.2 Å². The number of amides is 4. The van der Waals surface area contributed by atoms with Crippen LogP contribution in [0.4, 0.5) is 0 Å². The van der Waals surface area contributed by atoms with Gasteiger partial charge in [-0.1, -0.05) is 30.3 Å². The highest BCUT2D eigenvalue weighted by Gasteiger charge is 2.46. The van der Waals surface area contributed by atoms with E-state index >= 15 is 0 Å². The molecule has 4 aromatic rings. The van der Waals surface area contributed by atoms with Gasteiger partial charge in [0.1, 0.15) is 29.7 Å². The smallest absolute Gasteiger partial charge is 0.266 e. The topological polar surface area (TPSA) is 140 Å². The van der Waals surface area contributed by atoms with Gasteiger partial charge in [-0.3, -0.25) is 34.4 Å². The molecule has 4 amide bonds. The quantitative estimate of drug-likeness (QED) is 0.174. The van der Waals surface area contributed by atoms with E-state index in [9.17, 15) is 19.2 Å². The molecule has 6 rings (SSSR count). The maximum atomic E-state index is 13.2. The van der Waals surface area contributed by atoms with Crippen LogP contribution in [0.15, 0.2) is 77.5 Å². The van der Waals surface area contributed by atoms with Crippen LogP contribution >= 0.6 is 0 Å². The lowest BCUT2D eigenvalue weighted by Crippen LogP contribution is -2.54. The number of nitrogens with one attached hydrogen (secondary N) is 2. The van der Waals surface area contributed by atoms with Gasteiger partial charge in [-0.15, -0.1) is 0 Å². The number of pyridine rings is 1. The third-order valence-electron chi connectivity index (χ3n) is 7.73. The van der Waals surface area contributed by atoms with E-state index in [1.54, 1.807) is 18.3 Å². The van der Waals surface area contributed by atoms with Crippen molar-refractivity contribution in [1.82, 2.24) is 20.5 Å². The molecule has 4 heterocycles. The number of fused-ring (bicyclic) bond motifs is 2. The molecule has 0 bridgehead atoms. The zero-order chi connectivity index (χ0) is 30.5. The molecule has 11 heteroatoms. The molecule has 11 nitrogen and oxygen atoms in total. The second kappa shape index (κ2) is 13.2. The van der Waals surface area contributed by atoms with Gasteiger partial charge in [0.05, 0.1) is 23.8 Å². The molecule has 0 spiro atoms. The highest BCUT2D eigenvalue weighted by Crippen LogP contribution is 2.33. The van der Waals surface area contributed by atoms with E-state index in [1.165, 1.54) is 6.07 Å². The maximum Gasteiger partial charge on any atom is 0.266 e. The zero-order valence-corrected chi connectivity index (χ0v) is 24.0. The molecule has 226 valence electrons. The van der Waals surface area contributed by atoms with Gasteiger partial charge in [-0.2, -0.15) is 0 Å². The molecule has 1 saturated heterocycles. The lowest BCUT2D eigenvalue weighted by atomic mass is 10.0. The minimum absolute atomic E-state index is 0.0625. The molecule has 1 fully saturated rings. The van der Waals surface area contributed by atoms with Crippen molar-refractivity contribution in [2.24, 2.45) is 0 Å². The van der Waals surface area contributed by atoms with Crippen LogP contribution < -0.4 is 15.4 Å². The third kappa shape index (κ3) is 6.10. The molecule has 0 saturated carbocycles. The van der Waals surface area contributed by atoms with E-state index in [-0.39, 0.29) is 42.4 Å². The number of ether oxygens (including phenoxy) is 2. The molecule has 0 aliphatic carbocycles. The number of unbranched alkanes of at least 4 members (excludes halogenated alkanes) is 1. The Morgan fingerprint density at radius 2 is 1.86 bits per heavy atom. The van der Waals surface area contributed by atoms with Crippen LogP contribution in [0.25, 0.3) is 11.0 Å². The lowest BCUT2D eigenvalue weighted by Gasteiger charge is -2.27. The van der Waals surface area contributed by atoms with Gasteiger partial charge in [0.25, 0.3) is 11.8 Å². The standard InChI is InChI=1S/C33H32N4O7/c38-28-13-12-24(31(39)36-28)37-32(40)23-9-5-11-26(29(23)33(37)41)43-18-17-42-16-4-3-15-35-30(22-8-6-14-34-20-22)27-19-21-7-1-2-10-25(21)44-27/h1-2,5-11,14,19-20,24,30,35H,3-4,12-13,15-18H2,(H,36,38,39). The Kier molecular flexibility index (Phi) is 8.76. The number of para-hydroxylation sites is 1. The van der Waals surface area contributed by atoms with E-state index < -0.39 is 29.7 Å². The number of benzene rings is 2. The summed E-state index contributed by atoms with van der Waals surface area (Å²) < 4.78 is 17.7. The van der Waals surface area contributed by atoms with Gasteiger partial charge in [0, 0.05) is 30.8 Å². The Labute approximate surface area is 253 Å². The molecule has 44 heavy (non-hydrogen) atoms. The predicted octanol–water partition coefficient (Wildman–Crippen LogP) is 3.78. The number of carbonyl (C=O) groups excluding carboxylic acids is 4. The predicted molar refractivity (Wildman–Crippen MR) is 159 cm³/mol. The Hall–Kier alpha value is -4.87. The van der Waals surface area contributed by atoms with Crippen LogP contribution in [0.5, 0.6) is 5.75 Å². The number of nitrogens with zero attached hydrogens (tertiary/aromatic N) is 2. The molecule has 2 aliphatic heterocycles. The van der Waals surface area contributed by atoms with Crippen LogP contribution in [-0.4, -0.2) is 65.9 Å². The molecule has 0 radical (unpaired) electrons. The molecular formula is C33H32N4O7. The maximum absolute atomic E-state index is 13.2. The fourth-order valence-corrected chi connectivity index (χ4v) is 5.57. The monoisotopic (exact) mass is 596 g/mol. The van der Waals surface area contributed by atoms with Crippen molar-refractivity contribution in [1.29, 1.82) is 0 Å². The van der Waals surface area contributed by atoms with Gasteiger partial charge in [-0.05, 0) is 61.7 Å². The van der Waals surface area contributed by atoms with E-state index in [4.69, 9.17) is 13.9 Å². The number of aromatic nitrogens is 1. The Bertz CT molecular complexity index is 1650. The van der Waals surface area contributed by atoms with Crippen molar-refractivity contribution >= 4 is 34.6 Å². The number of imide groups is 2. The summed E-state index contributed by atoms with van der Waals surface area (Å²) in [6, 6.07) is 17.6. The molecule has 2 unspecified atom stereocenters. The highest BCUT2D eigenvalue weighted by molar-refractivity contribution is 6.24. The first-order valence-electron chi connectivity index (χ1n) is 14.7. The van der Waals surface area contributed by atoms with E-state index in [1.807, 2.05) is 42.6 Å². The van der Waals surface area contributed by atoms with Gasteiger partial charge >= 0.3 is 0 Å². The third-order valence-corrected chi connectivity index (χ3v) is 7.73. The number of furan rings is 1. The molecule has 2 aromatic heterocycles. The van der Waals surface area contributed by atoms with Crippen LogP contribution in [0.3, 0.4) is 0 Å². The molecular weight excluding hydrogens is 564 g/mol. The number of piperidine rings is 1. The molecule has 2 aliphatic rings. The Balaban J connectivity index is 0.955. The van der Waals surface area contributed by atoms with E-state index in [0.29, 0.717) is 13.2 Å². The Morgan fingerprint density at radius 3 is 2.68 bits per heavy atom. The second-order valence-corrected chi connectivity index (χ2v) is 10.7. The lowest BCUT2D eigenvalue weighted by molar-refractivity contribution is -0.136. The van der Waals surface area contributed by atoms with Crippen LogP contribution in [0.2, 0.25) is 0 Å². The number of hydrogen-bond acceptors (Lipinski definition) is 9. The summed E-state index contributed by atoms with van der Waals surface area (Å²) in [6.07, 6.45) is 5.44. The average Bonchev–Trinajstić information content (AvgIpc) is 3.57. The first-order chi connectivity index (χ1) is 21.5. The zero-order valence-electron chi connectivity index (χ0n) is 24.0. The Morgan fingerprint density at radius 1 is 0.977 bits per heavy atom. The summed E-state index contributed by atoms with van der Waals surface area (Å²) in [5, 5.41) is 6.83. The largest absolute Gasteiger partial charge is 0.490 e.